The van der Waals surface area contributed by atoms with Crippen molar-refractivity contribution in [2.24, 2.45) is 5.92 Å². The van der Waals surface area contributed by atoms with Gasteiger partial charge in [0.1, 0.15) is 6.54 Å². The summed E-state index contributed by atoms with van der Waals surface area (Å²) in [4.78, 5) is 25.7. The number of aliphatic hydroxyl groups is 1. The molecule has 0 saturated carbocycles. The Balaban J connectivity index is 2.67. The molecule has 2 amide bonds. The number of hydrogen-bond donors (Lipinski definition) is 2. The van der Waals surface area contributed by atoms with Crippen LogP contribution >= 0.6 is 0 Å². The third-order valence-electron chi connectivity index (χ3n) is 3.50. The molecule has 0 bridgehead atoms. The van der Waals surface area contributed by atoms with Crippen molar-refractivity contribution < 1.29 is 14.7 Å². The molecule has 8 nitrogen and oxygen atoms in total. The summed E-state index contributed by atoms with van der Waals surface area (Å²) in [5.41, 5.74) is 0.131. The van der Waals surface area contributed by atoms with E-state index in [2.05, 4.69) is 15.6 Å². The van der Waals surface area contributed by atoms with Gasteiger partial charge in [-0.2, -0.15) is 0 Å². The minimum atomic E-state index is -0.408. The van der Waals surface area contributed by atoms with Crippen LogP contribution in [0.1, 0.15) is 38.2 Å². The third-order valence-corrected chi connectivity index (χ3v) is 3.50. The number of aliphatic hydroxyl groups excluding tert-OH is 1. The lowest BCUT2D eigenvalue weighted by atomic mass is 10.1. The van der Waals surface area contributed by atoms with Crippen LogP contribution in [0.3, 0.4) is 0 Å². The zero-order chi connectivity index (χ0) is 16.7. The number of nitrogens with zero attached hydrogens (tertiary/aromatic N) is 4. The normalized spacial score (nSPS) is 12.3. The fraction of sp³-hybridized carbons (Fsp3) is 0.714. The first-order valence-electron chi connectivity index (χ1n) is 7.52. The van der Waals surface area contributed by atoms with Crippen LogP contribution in [0.5, 0.6) is 0 Å². The first-order valence-corrected chi connectivity index (χ1v) is 7.52. The predicted molar refractivity (Wildman–Crippen MR) is 81.1 cm³/mol. The van der Waals surface area contributed by atoms with Crippen molar-refractivity contribution in [2.45, 2.75) is 40.3 Å². The van der Waals surface area contributed by atoms with Crippen LogP contribution in [0.15, 0.2) is 6.20 Å². The maximum absolute atomic E-state index is 12.0. The molecule has 0 radical (unpaired) electrons. The second-order valence-corrected chi connectivity index (χ2v) is 5.37. The van der Waals surface area contributed by atoms with Crippen molar-refractivity contribution in [3.05, 3.63) is 11.9 Å². The van der Waals surface area contributed by atoms with Crippen LogP contribution in [-0.4, -0.2) is 62.6 Å². The lowest BCUT2D eigenvalue weighted by molar-refractivity contribution is -0.131. The smallest absolute Gasteiger partial charge is 0.273 e. The number of carbonyl (C=O) groups is 2. The number of hydrogen-bond acceptors (Lipinski definition) is 5. The van der Waals surface area contributed by atoms with Gasteiger partial charge in [-0.15, -0.1) is 5.10 Å². The topological polar surface area (TPSA) is 100 Å². The fourth-order valence-electron chi connectivity index (χ4n) is 1.96. The molecule has 0 spiro atoms. The summed E-state index contributed by atoms with van der Waals surface area (Å²) in [5.74, 6) is -0.375. The largest absolute Gasteiger partial charge is 0.394 e. The molecule has 22 heavy (non-hydrogen) atoms. The number of likely N-dealkylation sites (N-methyl/N-ethyl adjacent to an activating group) is 1. The second-order valence-electron chi connectivity index (χ2n) is 5.37. The van der Waals surface area contributed by atoms with E-state index in [-0.39, 0.29) is 36.7 Å². The van der Waals surface area contributed by atoms with Crippen LogP contribution in [0.4, 0.5) is 0 Å². The van der Waals surface area contributed by atoms with Gasteiger partial charge < -0.3 is 15.3 Å². The molecule has 0 unspecified atom stereocenters. The molecule has 0 fully saturated rings. The Morgan fingerprint density at radius 1 is 1.36 bits per heavy atom. The van der Waals surface area contributed by atoms with E-state index >= 15 is 0 Å². The Morgan fingerprint density at radius 3 is 2.50 bits per heavy atom. The number of amides is 2. The van der Waals surface area contributed by atoms with E-state index < -0.39 is 5.91 Å². The summed E-state index contributed by atoms with van der Waals surface area (Å²) in [6.45, 7) is 8.79. The van der Waals surface area contributed by atoms with E-state index in [9.17, 15) is 14.7 Å². The van der Waals surface area contributed by atoms with Crippen molar-refractivity contribution in [2.75, 3.05) is 19.7 Å². The number of nitrogens with one attached hydrogen (secondary N) is 1. The van der Waals surface area contributed by atoms with E-state index in [0.717, 1.165) is 0 Å². The van der Waals surface area contributed by atoms with Gasteiger partial charge in [0.25, 0.3) is 5.91 Å². The van der Waals surface area contributed by atoms with E-state index in [1.807, 2.05) is 27.7 Å². The molecular weight excluding hydrogens is 286 g/mol. The lowest BCUT2D eigenvalue weighted by Crippen LogP contribution is -2.41. The zero-order valence-electron chi connectivity index (χ0n) is 13.6. The Kier molecular flexibility index (Phi) is 6.97. The average molecular weight is 311 g/mol. The molecule has 1 aromatic rings. The van der Waals surface area contributed by atoms with Gasteiger partial charge in [0.05, 0.1) is 18.8 Å². The van der Waals surface area contributed by atoms with Gasteiger partial charge in [-0.3, -0.25) is 9.59 Å². The van der Waals surface area contributed by atoms with Crippen LogP contribution in [0.25, 0.3) is 0 Å². The summed E-state index contributed by atoms with van der Waals surface area (Å²) < 4.78 is 1.35. The van der Waals surface area contributed by atoms with Crippen molar-refractivity contribution in [1.29, 1.82) is 0 Å². The third kappa shape index (κ3) is 4.80. The monoisotopic (exact) mass is 311 g/mol. The Bertz CT molecular complexity index is 496. The van der Waals surface area contributed by atoms with Crippen LogP contribution in [0.2, 0.25) is 0 Å². The van der Waals surface area contributed by atoms with E-state index in [4.69, 9.17) is 0 Å². The summed E-state index contributed by atoms with van der Waals surface area (Å²) in [7, 11) is 0. The van der Waals surface area contributed by atoms with Gasteiger partial charge >= 0.3 is 0 Å². The quantitative estimate of drug-likeness (QED) is 0.698. The maximum Gasteiger partial charge on any atom is 0.273 e. The molecule has 0 aliphatic rings. The lowest BCUT2D eigenvalue weighted by Gasteiger charge is -2.19. The number of aromatic nitrogens is 3. The van der Waals surface area contributed by atoms with Crippen molar-refractivity contribution in [3.8, 4) is 0 Å². The number of rotatable bonds is 8. The zero-order valence-corrected chi connectivity index (χ0v) is 13.6. The summed E-state index contributed by atoms with van der Waals surface area (Å²) in [5, 5.41) is 19.5. The van der Waals surface area contributed by atoms with Gasteiger partial charge in [0, 0.05) is 13.1 Å². The molecule has 2 N–H and O–H groups in total. The van der Waals surface area contributed by atoms with Crippen molar-refractivity contribution >= 4 is 11.8 Å². The molecule has 0 aliphatic heterocycles. The van der Waals surface area contributed by atoms with Crippen molar-refractivity contribution in [3.63, 3.8) is 0 Å². The Labute approximate surface area is 130 Å². The standard InChI is InChI=1S/C14H25N5O3/c1-5-18(6-2)13(21)8-19-7-11(16-17-19)14(22)15-12(9-20)10(3)4/h7,10,12,20H,5-6,8-9H2,1-4H3,(H,15,22)/t12-/m1/s1. The second kappa shape index (κ2) is 8.47. The highest BCUT2D eigenvalue weighted by molar-refractivity contribution is 5.92. The molecule has 1 rings (SSSR count). The van der Waals surface area contributed by atoms with Crippen molar-refractivity contribution in [1.82, 2.24) is 25.2 Å². The fourth-order valence-corrected chi connectivity index (χ4v) is 1.96. The average Bonchev–Trinajstić information content (AvgIpc) is 2.94. The predicted octanol–water partition coefficient (Wildman–Crippen LogP) is -0.107. The van der Waals surface area contributed by atoms with Gasteiger partial charge in [0.15, 0.2) is 5.69 Å². The Hall–Kier alpha value is -1.96. The van der Waals surface area contributed by atoms with Crippen LogP contribution < -0.4 is 5.32 Å². The van der Waals surface area contributed by atoms with Gasteiger partial charge in [0.2, 0.25) is 5.91 Å². The SMILES string of the molecule is CCN(CC)C(=O)Cn1cc(C(=O)N[C@H](CO)C(C)C)nn1. The van der Waals surface area contributed by atoms with Gasteiger partial charge in [-0.1, -0.05) is 19.1 Å². The summed E-state index contributed by atoms with van der Waals surface area (Å²) >= 11 is 0. The van der Waals surface area contributed by atoms with E-state index in [1.54, 1.807) is 4.90 Å². The van der Waals surface area contributed by atoms with E-state index in [0.29, 0.717) is 13.1 Å². The first-order chi connectivity index (χ1) is 10.4. The molecule has 1 atom stereocenters. The molecule has 1 heterocycles. The first kappa shape index (κ1) is 18.1. The highest BCUT2D eigenvalue weighted by Crippen LogP contribution is 2.03. The minimum Gasteiger partial charge on any atom is -0.394 e. The molecule has 1 aromatic heterocycles. The van der Waals surface area contributed by atoms with Crippen LogP contribution in [0, 0.1) is 5.92 Å². The summed E-state index contributed by atoms with van der Waals surface area (Å²) in [6.07, 6.45) is 1.44. The molecule has 124 valence electrons. The minimum absolute atomic E-state index is 0.0512. The molecule has 0 aliphatic carbocycles. The van der Waals surface area contributed by atoms with E-state index in [1.165, 1.54) is 10.9 Å². The molecular formula is C14H25N5O3. The Morgan fingerprint density at radius 2 is 2.00 bits per heavy atom. The maximum atomic E-state index is 12.0. The molecule has 8 heteroatoms. The number of carbonyl (C=O) groups excluding carboxylic acids is 2. The van der Waals surface area contributed by atoms with Crippen LogP contribution in [-0.2, 0) is 11.3 Å². The highest BCUT2D eigenvalue weighted by atomic mass is 16.3. The van der Waals surface area contributed by atoms with Gasteiger partial charge in [-0.05, 0) is 19.8 Å². The molecule has 0 aromatic carbocycles. The summed E-state index contributed by atoms with van der Waals surface area (Å²) in [6, 6.07) is -0.338. The molecule has 0 saturated heterocycles. The van der Waals surface area contributed by atoms with Gasteiger partial charge in [-0.25, -0.2) is 4.68 Å². The highest BCUT2D eigenvalue weighted by Gasteiger charge is 2.19.